The molecule has 1 aromatic carbocycles. The molecule has 3 aromatic rings. The number of fused-ring (bicyclic) bond motifs is 3. The number of rotatable bonds is 7. The van der Waals surface area contributed by atoms with E-state index in [4.69, 9.17) is 0 Å². The number of benzene rings is 1. The Bertz CT molecular complexity index is 1340. The number of amides is 1. The smallest absolute Gasteiger partial charge is 0.309 e. The van der Waals surface area contributed by atoms with Crippen LogP contribution in [0.15, 0.2) is 18.3 Å². The van der Waals surface area contributed by atoms with Gasteiger partial charge in [-0.1, -0.05) is 0 Å². The van der Waals surface area contributed by atoms with Crippen molar-refractivity contribution in [2.24, 2.45) is 5.41 Å². The summed E-state index contributed by atoms with van der Waals surface area (Å²) in [5, 5.41) is 9.92. The van der Waals surface area contributed by atoms with Gasteiger partial charge < -0.3 is 14.6 Å². The molecule has 36 heavy (non-hydrogen) atoms. The van der Waals surface area contributed by atoms with Crippen LogP contribution in [0, 0.1) is 34.5 Å². The molecule has 0 fully saturated rings. The molecule has 0 radical (unpaired) electrons. The number of pyridine rings is 1. The second kappa shape index (κ2) is 9.51. The third kappa shape index (κ3) is 4.42. The van der Waals surface area contributed by atoms with Crippen molar-refractivity contribution in [2.45, 2.75) is 52.6 Å². The fourth-order valence-corrected chi connectivity index (χ4v) is 4.54. The lowest BCUT2D eigenvalue weighted by Crippen LogP contribution is -2.37. The molecule has 1 amide bonds. The molecule has 6 nitrogen and oxygen atoms in total. The van der Waals surface area contributed by atoms with E-state index in [1.807, 2.05) is 0 Å². The lowest BCUT2D eigenvalue weighted by atomic mass is 9.87. The van der Waals surface area contributed by atoms with E-state index in [1.54, 1.807) is 30.9 Å². The summed E-state index contributed by atoms with van der Waals surface area (Å²) in [7, 11) is 0. The minimum atomic E-state index is -2.23. The topological polar surface area (TPSA) is 75.4 Å². The van der Waals surface area contributed by atoms with Gasteiger partial charge in [0.05, 0.1) is 18.5 Å². The van der Waals surface area contributed by atoms with Crippen molar-refractivity contribution >= 4 is 22.9 Å². The van der Waals surface area contributed by atoms with E-state index in [2.05, 4.69) is 4.98 Å². The van der Waals surface area contributed by atoms with Crippen LogP contribution in [0.25, 0.3) is 11.0 Å². The molecule has 3 heterocycles. The van der Waals surface area contributed by atoms with E-state index in [0.717, 1.165) is 5.56 Å². The zero-order valence-corrected chi connectivity index (χ0v) is 19.7. The van der Waals surface area contributed by atoms with Gasteiger partial charge in [0.1, 0.15) is 5.65 Å². The molecule has 0 bridgehead atoms. The highest BCUT2D eigenvalue weighted by Gasteiger charge is 2.31. The second-order valence-electron chi connectivity index (χ2n) is 9.54. The molecule has 11 heteroatoms. The molecule has 0 aliphatic carbocycles. The van der Waals surface area contributed by atoms with Gasteiger partial charge in [0, 0.05) is 35.8 Å². The van der Waals surface area contributed by atoms with Crippen LogP contribution < -0.4 is 0 Å². The normalized spacial score (nSPS) is 13.8. The first-order valence-corrected chi connectivity index (χ1v) is 11.4. The van der Waals surface area contributed by atoms with Crippen molar-refractivity contribution in [3.05, 3.63) is 64.2 Å². The molecule has 0 saturated carbocycles. The predicted molar refractivity (Wildman–Crippen MR) is 119 cm³/mol. The van der Waals surface area contributed by atoms with Crippen molar-refractivity contribution in [2.75, 3.05) is 6.54 Å². The number of halogens is 5. The van der Waals surface area contributed by atoms with Gasteiger partial charge in [-0.05, 0) is 50.8 Å². The first-order chi connectivity index (χ1) is 16.9. The summed E-state index contributed by atoms with van der Waals surface area (Å²) in [6.07, 6.45) is 2.64. The Balaban J connectivity index is 1.65. The quantitative estimate of drug-likeness (QED) is 0.278. The van der Waals surface area contributed by atoms with E-state index >= 15 is 0 Å². The SMILES string of the molecule is CC(C)(CCCC(=O)N1CCc2c(n(Cc3c(F)c(F)c(F)c(F)c3F)c3ncccc23)C1)C(=O)O. The molecule has 0 spiro atoms. The molecule has 1 aliphatic heterocycles. The molecule has 2 aromatic heterocycles. The number of aromatic nitrogens is 2. The van der Waals surface area contributed by atoms with Crippen LogP contribution in [0.4, 0.5) is 22.0 Å². The minimum absolute atomic E-state index is 0.0578. The molecular weight excluding hydrogens is 485 g/mol. The number of hydrogen-bond acceptors (Lipinski definition) is 3. The summed E-state index contributed by atoms with van der Waals surface area (Å²) in [6, 6.07) is 3.43. The lowest BCUT2D eigenvalue weighted by molar-refractivity contribution is -0.147. The summed E-state index contributed by atoms with van der Waals surface area (Å²) in [4.78, 5) is 30.0. The molecule has 1 N–H and O–H groups in total. The third-order valence-electron chi connectivity index (χ3n) is 6.76. The maximum Gasteiger partial charge on any atom is 0.309 e. The Hall–Kier alpha value is -3.50. The number of aliphatic carboxylic acids is 1. The average molecular weight is 509 g/mol. The summed E-state index contributed by atoms with van der Waals surface area (Å²) in [5.41, 5.74) is -0.363. The molecule has 0 unspecified atom stereocenters. The maximum atomic E-state index is 14.5. The Labute approximate surface area is 203 Å². The van der Waals surface area contributed by atoms with Crippen LogP contribution in [-0.4, -0.2) is 38.0 Å². The molecule has 0 saturated heterocycles. The van der Waals surface area contributed by atoms with Gasteiger partial charge >= 0.3 is 5.97 Å². The average Bonchev–Trinajstić information content (AvgIpc) is 3.16. The largest absolute Gasteiger partial charge is 0.481 e. The van der Waals surface area contributed by atoms with Gasteiger partial charge in [0.25, 0.3) is 0 Å². The standard InChI is InChI=1S/C25H24F5N3O3/c1-25(2,24(35)36)8-3-6-17(34)32-10-7-13-14-5-4-9-31-23(14)33(16(13)12-32)11-15-18(26)20(28)22(30)21(29)19(15)27/h4-5,9H,3,6-8,10-12H2,1-2H3,(H,35,36). The van der Waals surface area contributed by atoms with Crippen molar-refractivity contribution in [1.29, 1.82) is 0 Å². The highest BCUT2D eigenvalue weighted by molar-refractivity contribution is 5.84. The summed E-state index contributed by atoms with van der Waals surface area (Å²) >= 11 is 0. The predicted octanol–water partition coefficient (Wildman–Crippen LogP) is 4.95. The summed E-state index contributed by atoms with van der Waals surface area (Å²) in [5.74, 6) is -11.3. The van der Waals surface area contributed by atoms with Crippen LogP contribution in [0.5, 0.6) is 0 Å². The zero-order chi connectivity index (χ0) is 26.4. The molecule has 4 rings (SSSR count). The van der Waals surface area contributed by atoms with E-state index in [1.165, 1.54) is 10.8 Å². The fraction of sp³-hybridized carbons (Fsp3) is 0.400. The first-order valence-electron chi connectivity index (χ1n) is 11.4. The van der Waals surface area contributed by atoms with Gasteiger partial charge in [-0.25, -0.2) is 26.9 Å². The number of hydrogen-bond donors (Lipinski definition) is 1. The highest BCUT2D eigenvalue weighted by atomic mass is 19.2. The van der Waals surface area contributed by atoms with Crippen molar-refractivity contribution in [3.63, 3.8) is 0 Å². The van der Waals surface area contributed by atoms with Crippen molar-refractivity contribution in [3.8, 4) is 0 Å². The highest BCUT2D eigenvalue weighted by Crippen LogP contribution is 2.33. The number of nitrogens with zero attached hydrogens (tertiary/aromatic N) is 3. The van der Waals surface area contributed by atoms with Gasteiger partial charge in [0.2, 0.25) is 11.7 Å². The monoisotopic (exact) mass is 509 g/mol. The van der Waals surface area contributed by atoms with Gasteiger partial charge in [0.15, 0.2) is 23.3 Å². The number of carboxylic acid groups (broad SMARTS) is 1. The van der Waals surface area contributed by atoms with Crippen molar-refractivity contribution in [1.82, 2.24) is 14.5 Å². The van der Waals surface area contributed by atoms with Gasteiger partial charge in [-0.3, -0.25) is 9.59 Å². The molecule has 192 valence electrons. The van der Waals surface area contributed by atoms with Gasteiger partial charge in [-0.15, -0.1) is 0 Å². The van der Waals surface area contributed by atoms with E-state index in [9.17, 15) is 36.6 Å². The van der Waals surface area contributed by atoms with Crippen LogP contribution in [0.3, 0.4) is 0 Å². The van der Waals surface area contributed by atoms with E-state index in [-0.39, 0.29) is 18.9 Å². The zero-order valence-electron chi connectivity index (χ0n) is 19.7. The van der Waals surface area contributed by atoms with Crippen LogP contribution in [0.1, 0.15) is 49.9 Å². The molecular formula is C25H24F5N3O3. The Kier molecular flexibility index (Phi) is 6.76. The van der Waals surface area contributed by atoms with E-state index < -0.39 is 52.6 Å². The Morgan fingerprint density at radius 2 is 1.69 bits per heavy atom. The van der Waals surface area contributed by atoms with E-state index in [0.29, 0.717) is 42.5 Å². The third-order valence-corrected chi connectivity index (χ3v) is 6.76. The number of carbonyl (C=O) groups excluding carboxylic acids is 1. The van der Waals surface area contributed by atoms with Crippen LogP contribution in [-0.2, 0) is 29.1 Å². The molecule has 1 aliphatic rings. The number of carboxylic acids is 1. The second-order valence-corrected chi connectivity index (χ2v) is 9.54. The molecule has 0 atom stereocenters. The fourth-order valence-electron chi connectivity index (χ4n) is 4.54. The van der Waals surface area contributed by atoms with Gasteiger partial charge in [-0.2, -0.15) is 0 Å². The summed E-state index contributed by atoms with van der Waals surface area (Å²) in [6.45, 7) is 2.92. The Morgan fingerprint density at radius 3 is 2.33 bits per heavy atom. The summed E-state index contributed by atoms with van der Waals surface area (Å²) < 4.78 is 71.5. The van der Waals surface area contributed by atoms with Crippen LogP contribution in [0.2, 0.25) is 0 Å². The number of carbonyl (C=O) groups is 2. The van der Waals surface area contributed by atoms with Crippen molar-refractivity contribution < 1.29 is 36.6 Å². The van der Waals surface area contributed by atoms with Crippen LogP contribution >= 0.6 is 0 Å². The first kappa shape index (κ1) is 25.6. The minimum Gasteiger partial charge on any atom is -0.481 e. The Morgan fingerprint density at radius 1 is 1.06 bits per heavy atom. The maximum absolute atomic E-state index is 14.5. The lowest BCUT2D eigenvalue weighted by Gasteiger charge is -2.29.